The standard InChI is InChI=1S/C12H7Cl2N5/c13-9-5-6-10(19-18-9)16-11-7-3-1-2-4-8(7)15-12(14)17-11/h1-6H,(H,15,16,17,19). The van der Waals surface area contributed by atoms with Crippen LogP contribution >= 0.6 is 23.2 Å². The van der Waals surface area contributed by atoms with Crippen LogP contribution in [0.2, 0.25) is 10.4 Å². The van der Waals surface area contributed by atoms with Gasteiger partial charge < -0.3 is 5.32 Å². The van der Waals surface area contributed by atoms with Gasteiger partial charge in [0.1, 0.15) is 5.82 Å². The number of benzene rings is 1. The topological polar surface area (TPSA) is 63.6 Å². The molecule has 0 unspecified atom stereocenters. The van der Waals surface area contributed by atoms with Gasteiger partial charge in [-0.25, -0.2) is 4.98 Å². The molecular formula is C12H7Cl2N5. The minimum Gasteiger partial charge on any atom is -0.323 e. The van der Waals surface area contributed by atoms with Crippen molar-refractivity contribution in [3.8, 4) is 0 Å². The molecule has 3 rings (SSSR count). The van der Waals surface area contributed by atoms with Gasteiger partial charge in [-0.15, -0.1) is 10.2 Å². The SMILES string of the molecule is Clc1ccc(Nc2nc(Cl)nc3ccccc23)nn1. The van der Waals surface area contributed by atoms with Crippen molar-refractivity contribution in [1.82, 2.24) is 20.2 Å². The molecule has 1 N–H and O–H groups in total. The molecule has 2 heterocycles. The number of nitrogens with one attached hydrogen (secondary N) is 1. The van der Waals surface area contributed by atoms with Crippen LogP contribution < -0.4 is 5.32 Å². The van der Waals surface area contributed by atoms with Crippen LogP contribution in [0.1, 0.15) is 0 Å². The van der Waals surface area contributed by atoms with E-state index in [0.717, 1.165) is 10.9 Å². The first kappa shape index (κ1) is 12.1. The second-order valence-corrected chi connectivity index (χ2v) is 4.45. The number of aromatic nitrogens is 4. The number of fused-ring (bicyclic) bond motifs is 1. The zero-order valence-corrected chi connectivity index (χ0v) is 11.0. The van der Waals surface area contributed by atoms with Crippen molar-refractivity contribution in [2.24, 2.45) is 0 Å². The van der Waals surface area contributed by atoms with Crippen LogP contribution in [0.5, 0.6) is 0 Å². The van der Waals surface area contributed by atoms with Gasteiger partial charge in [-0.1, -0.05) is 23.7 Å². The summed E-state index contributed by atoms with van der Waals surface area (Å²) in [6.45, 7) is 0. The van der Waals surface area contributed by atoms with E-state index in [1.165, 1.54) is 0 Å². The van der Waals surface area contributed by atoms with Crippen LogP contribution in [-0.4, -0.2) is 20.2 Å². The molecule has 19 heavy (non-hydrogen) atoms. The summed E-state index contributed by atoms with van der Waals surface area (Å²) in [7, 11) is 0. The van der Waals surface area contributed by atoms with E-state index in [1.807, 2.05) is 24.3 Å². The molecule has 0 spiro atoms. The van der Waals surface area contributed by atoms with Crippen molar-refractivity contribution in [2.45, 2.75) is 0 Å². The van der Waals surface area contributed by atoms with E-state index >= 15 is 0 Å². The Labute approximate surface area is 118 Å². The highest BCUT2D eigenvalue weighted by molar-refractivity contribution is 6.29. The lowest BCUT2D eigenvalue weighted by Crippen LogP contribution is -1.99. The molecule has 0 fully saturated rings. The lowest BCUT2D eigenvalue weighted by Gasteiger charge is -2.07. The van der Waals surface area contributed by atoms with Gasteiger partial charge >= 0.3 is 0 Å². The molecule has 94 valence electrons. The maximum Gasteiger partial charge on any atom is 0.224 e. The molecular weight excluding hydrogens is 285 g/mol. The molecule has 0 bridgehead atoms. The molecule has 0 aliphatic rings. The molecule has 1 aromatic carbocycles. The molecule has 2 aromatic heterocycles. The van der Waals surface area contributed by atoms with E-state index in [0.29, 0.717) is 16.8 Å². The van der Waals surface area contributed by atoms with Crippen molar-refractivity contribution < 1.29 is 0 Å². The Hall–Kier alpha value is -1.98. The Balaban J connectivity index is 2.07. The molecule has 0 aliphatic carbocycles. The number of hydrogen-bond acceptors (Lipinski definition) is 5. The molecule has 0 amide bonds. The van der Waals surface area contributed by atoms with Gasteiger partial charge in [0.25, 0.3) is 0 Å². The lowest BCUT2D eigenvalue weighted by atomic mass is 10.2. The predicted octanol–water partition coefficient (Wildman–Crippen LogP) is 3.47. The summed E-state index contributed by atoms with van der Waals surface area (Å²) in [5.41, 5.74) is 0.756. The third-order valence-electron chi connectivity index (χ3n) is 2.45. The minimum absolute atomic E-state index is 0.170. The molecule has 5 nitrogen and oxygen atoms in total. The van der Waals surface area contributed by atoms with Gasteiger partial charge in [-0.2, -0.15) is 4.98 Å². The highest BCUT2D eigenvalue weighted by Crippen LogP contribution is 2.24. The fourth-order valence-corrected chi connectivity index (χ4v) is 1.92. The average molecular weight is 292 g/mol. The normalized spacial score (nSPS) is 10.6. The number of rotatable bonds is 2. The molecule has 7 heteroatoms. The predicted molar refractivity (Wildman–Crippen MR) is 74.9 cm³/mol. The Bertz CT molecular complexity index is 730. The van der Waals surface area contributed by atoms with Crippen molar-refractivity contribution in [1.29, 1.82) is 0 Å². The highest BCUT2D eigenvalue weighted by atomic mass is 35.5. The summed E-state index contributed by atoms with van der Waals surface area (Å²) in [6.07, 6.45) is 0. The molecule has 0 radical (unpaired) electrons. The number of hydrogen-bond donors (Lipinski definition) is 1. The summed E-state index contributed by atoms with van der Waals surface area (Å²) in [5.74, 6) is 1.11. The van der Waals surface area contributed by atoms with Gasteiger partial charge in [0.15, 0.2) is 11.0 Å². The second-order valence-electron chi connectivity index (χ2n) is 3.72. The van der Waals surface area contributed by atoms with E-state index in [2.05, 4.69) is 25.5 Å². The first-order valence-corrected chi connectivity index (χ1v) is 6.16. The van der Waals surface area contributed by atoms with E-state index in [9.17, 15) is 0 Å². The van der Waals surface area contributed by atoms with Gasteiger partial charge in [0.05, 0.1) is 5.52 Å². The average Bonchev–Trinajstić information content (AvgIpc) is 2.41. The summed E-state index contributed by atoms with van der Waals surface area (Å²) >= 11 is 11.6. The van der Waals surface area contributed by atoms with Crippen molar-refractivity contribution in [3.63, 3.8) is 0 Å². The van der Waals surface area contributed by atoms with Gasteiger partial charge in [-0.3, -0.25) is 0 Å². The van der Waals surface area contributed by atoms with Crippen LogP contribution in [0, 0.1) is 0 Å². The zero-order valence-electron chi connectivity index (χ0n) is 9.51. The minimum atomic E-state index is 0.170. The number of para-hydroxylation sites is 1. The zero-order chi connectivity index (χ0) is 13.2. The third-order valence-corrected chi connectivity index (χ3v) is 2.83. The van der Waals surface area contributed by atoms with Crippen molar-refractivity contribution >= 4 is 45.7 Å². The summed E-state index contributed by atoms with van der Waals surface area (Å²) in [4.78, 5) is 8.31. The number of halogens is 2. The largest absolute Gasteiger partial charge is 0.323 e. The van der Waals surface area contributed by atoms with Gasteiger partial charge in [0.2, 0.25) is 5.28 Å². The third kappa shape index (κ3) is 2.57. The van der Waals surface area contributed by atoms with Crippen molar-refractivity contribution in [2.75, 3.05) is 5.32 Å². The smallest absolute Gasteiger partial charge is 0.224 e. The molecule has 3 aromatic rings. The maximum absolute atomic E-state index is 5.90. The Kier molecular flexibility index (Phi) is 3.15. The number of nitrogens with zero attached hydrogens (tertiary/aromatic N) is 4. The first-order valence-electron chi connectivity index (χ1n) is 5.41. The van der Waals surface area contributed by atoms with Gasteiger partial charge in [-0.05, 0) is 35.9 Å². The first-order chi connectivity index (χ1) is 9.22. The van der Waals surface area contributed by atoms with Crippen LogP contribution in [-0.2, 0) is 0 Å². The summed E-state index contributed by atoms with van der Waals surface area (Å²) in [5, 5.41) is 12.1. The molecule has 0 saturated heterocycles. The monoisotopic (exact) mass is 291 g/mol. The quantitative estimate of drug-likeness (QED) is 0.733. The van der Waals surface area contributed by atoms with Crippen LogP contribution in [0.25, 0.3) is 10.9 Å². The van der Waals surface area contributed by atoms with Crippen LogP contribution in [0.15, 0.2) is 36.4 Å². The lowest BCUT2D eigenvalue weighted by molar-refractivity contribution is 1.03. The fourth-order valence-electron chi connectivity index (χ4n) is 1.65. The molecule has 0 atom stereocenters. The second kappa shape index (κ2) is 4.95. The Morgan fingerprint density at radius 1 is 0.895 bits per heavy atom. The van der Waals surface area contributed by atoms with E-state index in [1.54, 1.807) is 12.1 Å². The van der Waals surface area contributed by atoms with E-state index < -0.39 is 0 Å². The summed E-state index contributed by atoms with van der Waals surface area (Å²) < 4.78 is 0. The number of anilines is 2. The van der Waals surface area contributed by atoms with Crippen LogP contribution in [0.3, 0.4) is 0 Å². The molecule has 0 saturated carbocycles. The molecule has 0 aliphatic heterocycles. The fraction of sp³-hybridized carbons (Fsp3) is 0. The van der Waals surface area contributed by atoms with Crippen molar-refractivity contribution in [3.05, 3.63) is 46.8 Å². The van der Waals surface area contributed by atoms with E-state index in [-0.39, 0.29) is 5.28 Å². The van der Waals surface area contributed by atoms with E-state index in [4.69, 9.17) is 23.2 Å². The Morgan fingerprint density at radius 2 is 1.74 bits per heavy atom. The Morgan fingerprint density at radius 3 is 2.53 bits per heavy atom. The van der Waals surface area contributed by atoms with Crippen LogP contribution in [0.4, 0.5) is 11.6 Å². The summed E-state index contributed by atoms with van der Waals surface area (Å²) in [6, 6.07) is 10.9. The van der Waals surface area contributed by atoms with Gasteiger partial charge in [0, 0.05) is 5.39 Å². The highest BCUT2D eigenvalue weighted by Gasteiger charge is 2.07. The maximum atomic E-state index is 5.90.